The molecule has 0 spiro atoms. The maximum absolute atomic E-state index is 12.6. The summed E-state index contributed by atoms with van der Waals surface area (Å²) in [6.45, 7) is 4.82. The van der Waals surface area contributed by atoms with Gasteiger partial charge in [0.1, 0.15) is 0 Å². The standard InChI is InChI=1S/C19H25ClN6O2/c1-14-23-17(28-24-14)4-3-9-22-19(21-2)26-11-10-25(18(27)13-26)12-15-5-7-16(20)8-6-15/h5-8H,3-4,9-13H2,1-2H3,(H,21,22). The zero-order valence-electron chi connectivity index (χ0n) is 16.2. The van der Waals surface area contributed by atoms with Gasteiger partial charge in [-0.3, -0.25) is 9.79 Å². The van der Waals surface area contributed by atoms with Crippen molar-refractivity contribution in [3.8, 4) is 0 Å². The smallest absolute Gasteiger partial charge is 0.242 e. The van der Waals surface area contributed by atoms with E-state index in [0.717, 1.165) is 24.5 Å². The predicted octanol–water partition coefficient (Wildman–Crippen LogP) is 1.88. The fourth-order valence-electron chi connectivity index (χ4n) is 3.08. The molecule has 0 atom stereocenters. The summed E-state index contributed by atoms with van der Waals surface area (Å²) in [4.78, 5) is 24.9. The zero-order valence-corrected chi connectivity index (χ0v) is 16.9. The Balaban J connectivity index is 1.44. The van der Waals surface area contributed by atoms with Crippen molar-refractivity contribution >= 4 is 23.5 Å². The van der Waals surface area contributed by atoms with Gasteiger partial charge in [0.25, 0.3) is 0 Å². The molecule has 28 heavy (non-hydrogen) atoms. The molecule has 0 unspecified atom stereocenters. The molecule has 1 fully saturated rings. The number of rotatable bonds is 6. The Morgan fingerprint density at radius 3 is 2.75 bits per heavy atom. The molecular formula is C19H25ClN6O2. The monoisotopic (exact) mass is 404 g/mol. The number of hydrogen-bond acceptors (Lipinski definition) is 5. The first-order valence-electron chi connectivity index (χ1n) is 9.32. The lowest BCUT2D eigenvalue weighted by molar-refractivity contribution is -0.135. The minimum atomic E-state index is 0.0884. The zero-order chi connectivity index (χ0) is 19.9. The summed E-state index contributed by atoms with van der Waals surface area (Å²) < 4.78 is 5.11. The van der Waals surface area contributed by atoms with Crippen LogP contribution in [-0.4, -0.2) is 65.0 Å². The van der Waals surface area contributed by atoms with Crippen LogP contribution in [0.4, 0.5) is 0 Å². The predicted molar refractivity (Wildman–Crippen MR) is 107 cm³/mol. The van der Waals surface area contributed by atoms with Crippen molar-refractivity contribution in [3.63, 3.8) is 0 Å². The number of carbonyl (C=O) groups excluding carboxylic acids is 1. The van der Waals surface area contributed by atoms with Crippen LogP contribution in [0.15, 0.2) is 33.8 Å². The van der Waals surface area contributed by atoms with Crippen LogP contribution in [0, 0.1) is 6.92 Å². The van der Waals surface area contributed by atoms with Crippen LogP contribution in [0.5, 0.6) is 0 Å². The molecule has 0 bridgehead atoms. The fourth-order valence-corrected chi connectivity index (χ4v) is 3.21. The number of piperazine rings is 1. The van der Waals surface area contributed by atoms with E-state index < -0.39 is 0 Å². The van der Waals surface area contributed by atoms with Crippen molar-refractivity contribution in [3.05, 3.63) is 46.6 Å². The van der Waals surface area contributed by atoms with Crippen molar-refractivity contribution in [2.24, 2.45) is 4.99 Å². The van der Waals surface area contributed by atoms with Gasteiger partial charge in [0.05, 0.1) is 6.54 Å². The number of aliphatic imine (C=N–C) groups is 1. The highest BCUT2D eigenvalue weighted by Crippen LogP contribution is 2.13. The summed E-state index contributed by atoms with van der Waals surface area (Å²) in [6, 6.07) is 7.60. The molecule has 1 saturated heterocycles. The number of benzene rings is 1. The molecule has 1 N–H and O–H groups in total. The normalized spacial score (nSPS) is 15.2. The van der Waals surface area contributed by atoms with E-state index in [0.29, 0.717) is 49.3 Å². The Kier molecular flexibility index (Phi) is 6.86. The minimum Gasteiger partial charge on any atom is -0.356 e. The van der Waals surface area contributed by atoms with Crippen LogP contribution in [0.1, 0.15) is 23.7 Å². The van der Waals surface area contributed by atoms with Crippen LogP contribution < -0.4 is 5.32 Å². The lowest BCUT2D eigenvalue weighted by Gasteiger charge is -2.36. The molecule has 1 aromatic heterocycles. The first-order valence-corrected chi connectivity index (χ1v) is 9.70. The van der Waals surface area contributed by atoms with Crippen LogP contribution >= 0.6 is 11.6 Å². The molecule has 150 valence electrons. The van der Waals surface area contributed by atoms with E-state index in [4.69, 9.17) is 16.1 Å². The van der Waals surface area contributed by atoms with E-state index in [9.17, 15) is 4.79 Å². The second kappa shape index (κ2) is 9.54. The van der Waals surface area contributed by atoms with Gasteiger partial charge in [-0.25, -0.2) is 0 Å². The van der Waals surface area contributed by atoms with Gasteiger partial charge < -0.3 is 19.6 Å². The van der Waals surface area contributed by atoms with Gasteiger partial charge in [0.15, 0.2) is 11.8 Å². The van der Waals surface area contributed by atoms with Crippen LogP contribution in [0.3, 0.4) is 0 Å². The van der Waals surface area contributed by atoms with Crippen molar-refractivity contribution in [1.29, 1.82) is 0 Å². The lowest BCUT2D eigenvalue weighted by atomic mass is 10.2. The van der Waals surface area contributed by atoms with E-state index in [1.54, 1.807) is 14.0 Å². The third-order valence-corrected chi connectivity index (χ3v) is 4.79. The Bertz CT molecular complexity index is 820. The molecule has 1 amide bonds. The SMILES string of the molecule is CN=C(NCCCc1nc(C)no1)N1CCN(Cc2ccc(Cl)cc2)C(=O)C1. The number of guanidine groups is 1. The molecule has 1 aliphatic rings. The fraction of sp³-hybridized carbons (Fsp3) is 0.474. The number of aryl methyl sites for hydroxylation is 2. The molecule has 3 rings (SSSR count). The third kappa shape index (κ3) is 5.45. The van der Waals surface area contributed by atoms with Crippen LogP contribution in [-0.2, 0) is 17.8 Å². The van der Waals surface area contributed by atoms with Crippen molar-refractivity contribution in [2.75, 3.05) is 33.2 Å². The Morgan fingerprint density at radius 1 is 1.32 bits per heavy atom. The summed E-state index contributed by atoms with van der Waals surface area (Å²) in [5, 5.41) is 7.79. The summed E-state index contributed by atoms with van der Waals surface area (Å²) in [5.41, 5.74) is 1.07. The summed E-state index contributed by atoms with van der Waals surface area (Å²) >= 11 is 5.92. The minimum absolute atomic E-state index is 0.0884. The van der Waals surface area contributed by atoms with Crippen LogP contribution in [0.25, 0.3) is 0 Å². The van der Waals surface area contributed by atoms with E-state index in [2.05, 4.69) is 20.4 Å². The molecule has 2 heterocycles. The molecular weight excluding hydrogens is 380 g/mol. The van der Waals surface area contributed by atoms with Crippen LogP contribution in [0.2, 0.25) is 5.02 Å². The average molecular weight is 405 g/mol. The van der Waals surface area contributed by atoms with Crippen molar-refractivity contribution in [1.82, 2.24) is 25.3 Å². The first-order chi connectivity index (χ1) is 13.5. The molecule has 0 aliphatic carbocycles. The number of halogens is 1. The van der Waals surface area contributed by atoms with Gasteiger partial charge in [-0.05, 0) is 31.0 Å². The Hall–Kier alpha value is -2.61. The molecule has 1 aliphatic heterocycles. The largest absolute Gasteiger partial charge is 0.356 e. The number of amides is 1. The van der Waals surface area contributed by atoms with Crippen molar-refractivity contribution in [2.45, 2.75) is 26.3 Å². The molecule has 8 nitrogen and oxygen atoms in total. The van der Waals surface area contributed by atoms with Gasteiger partial charge >= 0.3 is 0 Å². The van der Waals surface area contributed by atoms with Gasteiger partial charge in [0.2, 0.25) is 11.8 Å². The van der Waals surface area contributed by atoms with Gasteiger partial charge in [-0.15, -0.1) is 0 Å². The van der Waals surface area contributed by atoms with Crippen molar-refractivity contribution < 1.29 is 9.32 Å². The second-order valence-corrected chi connectivity index (χ2v) is 7.11. The molecule has 0 radical (unpaired) electrons. The Morgan fingerprint density at radius 2 is 2.11 bits per heavy atom. The summed E-state index contributed by atoms with van der Waals surface area (Å²) in [6.07, 6.45) is 1.55. The molecule has 1 aromatic carbocycles. The maximum atomic E-state index is 12.6. The molecule has 9 heteroatoms. The number of aromatic nitrogens is 2. The number of nitrogens with one attached hydrogen (secondary N) is 1. The average Bonchev–Trinajstić information content (AvgIpc) is 3.10. The summed E-state index contributed by atoms with van der Waals surface area (Å²) in [7, 11) is 1.73. The highest BCUT2D eigenvalue weighted by atomic mass is 35.5. The quantitative estimate of drug-likeness (QED) is 0.449. The number of hydrogen-bond donors (Lipinski definition) is 1. The number of nitrogens with zero attached hydrogens (tertiary/aromatic N) is 5. The highest BCUT2D eigenvalue weighted by molar-refractivity contribution is 6.30. The third-order valence-electron chi connectivity index (χ3n) is 4.54. The summed E-state index contributed by atoms with van der Waals surface area (Å²) in [5.74, 6) is 2.11. The van der Waals surface area contributed by atoms with Gasteiger partial charge in [-0.2, -0.15) is 4.98 Å². The number of carbonyl (C=O) groups is 1. The van der Waals surface area contributed by atoms with Gasteiger partial charge in [-0.1, -0.05) is 28.9 Å². The highest BCUT2D eigenvalue weighted by Gasteiger charge is 2.25. The van der Waals surface area contributed by atoms with E-state index in [1.807, 2.05) is 34.1 Å². The first kappa shape index (κ1) is 20.1. The van der Waals surface area contributed by atoms with E-state index >= 15 is 0 Å². The Labute approximate surface area is 169 Å². The second-order valence-electron chi connectivity index (χ2n) is 6.68. The maximum Gasteiger partial charge on any atom is 0.242 e. The van der Waals surface area contributed by atoms with E-state index in [1.165, 1.54) is 0 Å². The lowest BCUT2D eigenvalue weighted by Crippen LogP contribution is -2.55. The topological polar surface area (TPSA) is 86.9 Å². The van der Waals surface area contributed by atoms with Gasteiger partial charge in [0, 0.05) is 44.7 Å². The molecule has 0 saturated carbocycles. The van der Waals surface area contributed by atoms with E-state index in [-0.39, 0.29) is 5.91 Å². The molecule has 2 aromatic rings.